The first-order valence-corrected chi connectivity index (χ1v) is 6.85. The maximum Gasteiger partial charge on any atom is 0.224 e. The molecule has 2 rings (SSSR count). The van der Waals surface area contributed by atoms with Gasteiger partial charge in [-0.3, -0.25) is 4.79 Å². The number of ether oxygens (including phenoxy) is 1. The number of morpholine rings is 1. The predicted molar refractivity (Wildman–Crippen MR) is 80.3 cm³/mol. The van der Waals surface area contributed by atoms with E-state index in [0.29, 0.717) is 32.7 Å². The van der Waals surface area contributed by atoms with Crippen molar-refractivity contribution in [3.05, 3.63) is 34.3 Å². The summed E-state index contributed by atoms with van der Waals surface area (Å²) in [6.07, 6.45) is 0.364. The number of hydrogen-bond acceptors (Lipinski definition) is 3. The molecule has 0 bridgehead atoms. The maximum absolute atomic E-state index is 11.8. The van der Waals surface area contributed by atoms with Crippen LogP contribution in [0.5, 0.6) is 0 Å². The Morgan fingerprint density at radius 3 is 3.00 bits per heavy atom. The van der Waals surface area contributed by atoms with Gasteiger partial charge in [0.15, 0.2) is 0 Å². The van der Waals surface area contributed by atoms with Crippen LogP contribution in [-0.2, 0) is 9.53 Å². The maximum atomic E-state index is 11.8. The molecule has 4 nitrogen and oxygen atoms in total. The van der Waals surface area contributed by atoms with Crippen LogP contribution in [-0.4, -0.2) is 37.0 Å². The van der Waals surface area contributed by atoms with E-state index in [1.54, 1.807) is 0 Å². The standard InChI is InChI=1S/C13H17BrN2O2.ClH/c14-11-3-1-2-10(8-11)12-9-16(6-7-18-12)13(17)4-5-15;/h1-3,8,12H,4-7,9,15H2;1H. The van der Waals surface area contributed by atoms with E-state index in [9.17, 15) is 4.79 Å². The van der Waals surface area contributed by atoms with E-state index in [1.807, 2.05) is 29.2 Å². The minimum atomic E-state index is -0.0435. The van der Waals surface area contributed by atoms with Gasteiger partial charge in [0.25, 0.3) is 0 Å². The summed E-state index contributed by atoms with van der Waals surface area (Å²) < 4.78 is 6.75. The average Bonchev–Trinajstić information content (AvgIpc) is 2.39. The first-order chi connectivity index (χ1) is 8.70. The van der Waals surface area contributed by atoms with E-state index in [2.05, 4.69) is 15.9 Å². The highest BCUT2D eigenvalue weighted by Crippen LogP contribution is 2.24. The van der Waals surface area contributed by atoms with Gasteiger partial charge in [0.05, 0.1) is 13.2 Å². The number of nitrogens with zero attached hydrogens (tertiary/aromatic N) is 1. The van der Waals surface area contributed by atoms with Crippen LogP contribution < -0.4 is 5.73 Å². The third kappa shape index (κ3) is 4.45. The van der Waals surface area contributed by atoms with Crippen molar-refractivity contribution in [1.82, 2.24) is 4.90 Å². The van der Waals surface area contributed by atoms with Crippen molar-refractivity contribution < 1.29 is 9.53 Å². The molecule has 0 spiro atoms. The molecule has 1 fully saturated rings. The highest BCUT2D eigenvalue weighted by atomic mass is 79.9. The van der Waals surface area contributed by atoms with Crippen molar-refractivity contribution in [2.75, 3.05) is 26.2 Å². The van der Waals surface area contributed by atoms with Crippen molar-refractivity contribution in [2.24, 2.45) is 5.73 Å². The van der Waals surface area contributed by atoms with E-state index in [0.717, 1.165) is 10.0 Å². The summed E-state index contributed by atoms with van der Waals surface area (Å²) >= 11 is 3.45. The third-order valence-electron chi connectivity index (χ3n) is 3.00. The van der Waals surface area contributed by atoms with Gasteiger partial charge in [-0.25, -0.2) is 0 Å². The molecule has 1 saturated heterocycles. The van der Waals surface area contributed by atoms with Crippen LogP contribution in [0.15, 0.2) is 28.7 Å². The molecule has 106 valence electrons. The molecule has 1 amide bonds. The lowest BCUT2D eigenvalue weighted by atomic mass is 10.1. The highest BCUT2D eigenvalue weighted by Gasteiger charge is 2.24. The Morgan fingerprint density at radius 2 is 2.32 bits per heavy atom. The molecule has 6 heteroatoms. The van der Waals surface area contributed by atoms with Crippen molar-refractivity contribution in [3.8, 4) is 0 Å². The fourth-order valence-corrected chi connectivity index (χ4v) is 2.48. The molecule has 1 atom stereocenters. The van der Waals surface area contributed by atoms with Crippen LogP contribution in [0.2, 0.25) is 0 Å². The molecular formula is C13H18BrClN2O2. The lowest BCUT2D eigenvalue weighted by molar-refractivity contribution is -0.138. The topological polar surface area (TPSA) is 55.6 Å². The smallest absolute Gasteiger partial charge is 0.224 e. The van der Waals surface area contributed by atoms with Crippen molar-refractivity contribution in [1.29, 1.82) is 0 Å². The zero-order valence-corrected chi connectivity index (χ0v) is 13.0. The number of benzene rings is 1. The second kappa shape index (κ2) is 7.85. The summed E-state index contributed by atoms with van der Waals surface area (Å²) in [4.78, 5) is 13.7. The van der Waals surface area contributed by atoms with Crippen LogP contribution in [0, 0.1) is 0 Å². The number of rotatable bonds is 3. The van der Waals surface area contributed by atoms with Gasteiger partial charge in [0.1, 0.15) is 6.10 Å². The van der Waals surface area contributed by atoms with Crippen molar-refractivity contribution in [2.45, 2.75) is 12.5 Å². The first-order valence-electron chi connectivity index (χ1n) is 6.05. The third-order valence-corrected chi connectivity index (χ3v) is 3.49. The summed E-state index contributed by atoms with van der Waals surface area (Å²) in [6, 6.07) is 8.00. The van der Waals surface area contributed by atoms with Crippen molar-refractivity contribution >= 4 is 34.2 Å². The normalized spacial score (nSPS) is 18.8. The van der Waals surface area contributed by atoms with Crippen LogP contribution in [0.25, 0.3) is 0 Å². The molecule has 1 aliphatic heterocycles. The quantitative estimate of drug-likeness (QED) is 0.909. The minimum Gasteiger partial charge on any atom is -0.370 e. The van der Waals surface area contributed by atoms with Gasteiger partial charge < -0.3 is 15.4 Å². The number of halogens is 2. The van der Waals surface area contributed by atoms with E-state index in [1.165, 1.54) is 0 Å². The molecule has 0 saturated carbocycles. The summed E-state index contributed by atoms with van der Waals surface area (Å²) in [7, 11) is 0. The zero-order valence-electron chi connectivity index (χ0n) is 10.5. The van der Waals surface area contributed by atoms with Crippen molar-refractivity contribution in [3.63, 3.8) is 0 Å². The Labute approximate surface area is 127 Å². The Bertz CT molecular complexity index is 431. The van der Waals surface area contributed by atoms with Gasteiger partial charge in [-0.1, -0.05) is 28.1 Å². The summed E-state index contributed by atoms with van der Waals surface area (Å²) in [6.45, 7) is 2.24. The Balaban J connectivity index is 0.00000180. The predicted octanol–water partition coefficient (Wildman–Crippen LogP) is 2.12. The van der Waals surface area contributed by atoms with Gasteiger partial charge in [-0.2, -0.15) is 0 Å². The molecular weight excluding hydrogens is 332 g/mol. The number of carbonyl (C=O) groups excluding carboxylic acids is 1. The van der Waals surface area contributed by atoms with E-state index < -0.39 is 0 Å². The minimum absolute atomic E-state index is 0. The zero-order chi connectivity index (χ0) is 13.0. The summed E-state index contributed by atoms with van der Waals surface area (Å²) in [5.74, 6) is 0.112. The van der Waals surface area contributed by atoms with Crippen LogP contribution in [0.4, 0.5) is 0 Å². The molecule has 1 heterocycles. The van der Waals surface area contributed by atoms with Crippen LogP contribution >= 0.6 is 28.3 Å². The monoisotopic (exact) mass is 348 g/mol. The van der Waals surface area contributed by atoms with E-state index in [4.69, 9.17) is 10.5 Å². The molecule has 1 aromatic rings. The Kier molecular flexibility index (Phi) is 6.79. The number of amides is 1. The fourth-order valence-electron chi connectivity index (χ4n) is 2.07. The van der Waals surface area contributed by atoms with Gasteiger partial charge in [-0.15, -0.1) is 12.4 Å². The molecule has 1 aliphatic rings. The Hall–Kier alpha value is -0.620. The molecule has 0 aromatic heterocycles. The van der Waals surface area contributed by atoms with E-state index >= 15 is 0 Å². The van der Waals surface area contributed by atoms with Gasteiger partial charge in [0, 0.05) is 24.0 Å². The second-order valence-corrected chi connectivity index (χ2v) is 5.21. The SMILES string of the molecule is Cl.NCCC(=O)N1CCOC(c2cccc(Br)c2)C1. The number of carbonyl (C=O) groups is 1. The number of hydrogen-bond donors (Lipinski definition) is 1. The van der Waals surface area contributed by atoms with Crippen LogP contribution in [0.1, 0.15) is 18.1 Å². The lowest BCUT2D eigenvalue weighted by Crippen LogP contribution is -2.42. The molecule has 1 aromatic carbocycles. The molecule has 19 heavy (non-hydrogen) atoms. The largest absolute Gasteiger partial charge is 0.370 e. The van der Waals surface area contributed by atoms with E-state index in [-0.39, 0.29) is 24.4 Å². The molecule has 0 radical (unpaired) electrons. The van der Waals surface area contributed by atoms with Gasteiger partial charge >= 0.3 is 0 Å². The Morgan fingerprint density at radius 1 is 1.53 bits per heavy atom. The second-order valence-electron chi connectivity index (χ2n) is 4.29. The first kappa shape index (κ1) is 16.4. The summed E-state index contributed by atoms with van der Waals surface area (Å²) in [5.41, 5.74) is 6.51. The molecule has 1 unspecified atom stereocenters. The lowest BCUT2D eigenvalue weighted by Gasteiger charge is -2.33. The molecule has 0 aliphatic carbocycles. The highest BCUT2D eigenvalue weighted by molar-refractivity contribution is 9.10. The van der Waals surface area contributed by atoms with Gasteiger partial charge in [0.2, 0.25) is 5.91 Å². The number of nitrogens with two attached hydrogens (primary N) is 1. The summed E-state index contributed by atoms with van der Waals surface area (Å²) in [5, 5.41) is 0. The van der Waals surface area contributed by atoms with Gasteiger partial charge in [-0.05, 0) is 17.7 Å². The van der Waals surface area contributed by atoms with Crippen LogP contribution in [0.3, 0.4) is 0 Å². The molecule has 2 N–H and O–H groups in total. The fraction of sp³-hybridized carbons (Fsp3) is 0.462. The average molecular weight is 350 g/mol.